The van der Waals surface area contributed by atoms with Gasteiger partial charge < -0.3 is 5.32 Å². The number of rotatable bonds is 2. The van der Waals surface area contributed by atoms with Crippen molar-refractivity contribution >= 4 is 0 Å². The van der Waals surface area contributed by atoms with Crippen LogP contribution in [0.2, 0.25) is 0 Å². The van der Waals surface area contributed by atoms with Crippen molar-refractivity contribution in [3.8, 4) is 0 Å². The van der Waals surface area contributed by atoms with Crippen LogP contribution in [0.1, 0.15) is 41.5 Å². The highest BCUT2D eigenvalue weighted by atomic mass is 15.3. The van der Waals surface area contributed by atoms with Crippen LogP contribution in [0, 0.1) is 5.92 Å². The molecule has 0 spiro atoms. The van der Waals surface area contributed by atoms with Crippen LogP contribution < -0.4 is 5.32 Å². The van der Waals surface area contributed by atoms with Crippen LogP contribution in [0.15, 0.2) is 0 Å². The monoisotopic (exact) mass is 186 g/mol. The van der Waals surface area contributed by atoms with E-state index < -0.39 is 0 Å². The Balaban J connectivity index is 0.000000671. The fourth-order valence-corrected chi connectivity index (χ4v) is 1.76. The van der Waals surface area contributed by atoms with Crippen molar-refractivity contribution in [1.29, 1.82) is 0 Å². The van der Waals surface area contributed by atoms with E-state index in [0.29, 0.717) is 6.04 Å². The second-order valence-corrected chi connectivity index (χ2v) is 4.03. The third-order valence-corrected chi connectivity index (χ3v) is 2.51. The first kappa shape index (κ1) is 12.9. The zero-order chi connectivity index (χ0) is 10.4. The summed E-state index contributed by atoms with van der Waals surface area (Å²) in [5, 5.41) is 3.41. The van der Waals surface area contributed by atoms with E-state index in [4.69, 9.17) is 0 Å². The summed E-state index contributed by atoms with van der Waals surface area (Å²) in [6, 6.07) is 1.42. The largest absolute Gasteiger partial charge is 0.303 e. The average Bonchev–Trinajstić information content (AvgIpc) is 2.55. The van der Waals surface area contributed by atoms with Crippen LogP contribution >= 0.6 is 0 Å². The minimum Gasteiger partial charge on any atom is -0.303 e. The fourth-order valence-electron chi connectivity index (χ4n) is 1.76. The summed E-state index contributed by atoms with van der Waals surface area (Å²) in [4.78, 5) is 2.53. The molecule has 1 aliphatic rings. The van der Waals surface area contributed by atoms with Gasteiger partial charge >= 0.3 is 0 Å². The van der Waals surface area contributed by atoms with Crippen molar-refractivity contribution < 1.29 is 0 Å². The maximum absolute atomic E-state index is 3.41. The second-order valence-electron chi connectivity index (χ2n) is 4.03. The van der Waals surface area contributed by atoms with E-state index in [1.54, 1.807) is 0 Å². The lowest BCUT2D eigenvalue weighted by Crippen LogP contribution is -2.39. The van der Waals surface area contributed by atoms with Crippen molar-refractivity contribution in [3.05, 3.63) is 0 Å². The minimum atomic E-state index is 0.678. The van der Waals surface area contributed by atoms with Gasteiger partial charge in [-0.3, -0.25) is 4.90 Å². The first-order valence-corrected chi connectivity index (χ1v) is 5.59. The Morgan fingerprint density at radius 2 is 1.69 bits per heavy atom. The highest BCUT2D eigenvalue weighted by molar-refractivity contribution is 4.83. The number of hydrogen-bond donors (Lipinski definition) is 1. The quantitative estimate of drug-likeness (QED) is 0.712. The molecule has 0 radical (unpaired) electrons. The van der Waals surface area contributed by atoms with Crippen LogP contribution in [0.25, 0.3) is 0 Å². The van der Waals surface area contributed by atoms with Gasteiger partial charge in [0, 0.05) is 25.3 Å². The molecule has 0 amide bonds. The SMILES string of the molecule is CC.CC(C)C1CNCN1C(C)C. The maximum Gasteiger partial charge on any atom is 0.0486 e. The van der Waals surface area contributed by atoms with Gasteiger partial charge in [0.15, 0.2) is 0 Å². The van der Waals surface area contributed by atoms with Gasteiger partial charge in [-0.15, -0.1) is 0 Å². The fraction of sp³-hybridized carbons (Fsp3) is 1.00. The Kier molecular flexibility index (Phi) is 6.35. The molecule has 0 bridgehead atoms. The average molecular weight is 186 g/mol. The molecule has 0 aromatic rings. The van der Waals surface area contributed by atoms with E-state index in [1.165, 1.54) is 0 Å². The van der Waals surface area contributed by atoms with Gasteiger partial charge in [-0.25, -0.2) is 0 Å². The summed E-state index contributed by atoms with van der Waals surface area (Å²) in [7, 11) is 0. The van der Waals surface area contributed by atoms with Crippen LogP contribution in [0.3, 0.4) is 0 Å². The lowest BCUT2D eigenvalue weighted by molar-refractivity contribution is 0.170. The van der Waals surface area contributed by atoms with Crippen molar-refractivity contribution in [1.82, 2.24) is 10.2 Å². The van der Waals surface area contributed by atoms with Gasteiger partial charge in [-0.05, 0) is 19.8 Å². The minimum absolute atomic E-state index is 0.678. The molecule has 1 aliphatic heterocycles. The van der Waals surface area contributed by atoms with Crippen LogP contribution in [0.4, 0.5) is 0 Å². The molecule has 0 saturated carbocycles. The Hall–Kier alpha value is -0.0800. The van der Waals surface area contributed by atoms with E-state index >= 15 is 0 Å². The zero-order valence-electron chi connectivity index (χ0n) is 10.1. The number of hydrogen-bond acceptors (Lipinski definition) is 2. The van der Waals surface area contributed by atoms with Gasteiger partial charge in [-0.1, -0.05) is 27.7 Å². The molecule has 2 nitrogen and oxygen atoms in total. The number of nitrogens with one attached hydrogen (secondary N) is 1. The van der Waals surface area contributed by atoms with Crippen molar-refractivity contribution in [2.45, 2.75) is 53.6 Å². The summed E-state index contributed by atoms with van der Waals surface area (Å²) >= 11 is 0. The maximum atomic E-state index is 3.41. The molecule has 1 N–H and O–H groups in total. The smallest absolute Gasteiger partial charge is 0.0486 e. The van der Waals surface area contributed by atoms with E-state index in [9.17, 15) is 0 Å². The Labute approximate surface area is 83.7 Å². The summed E-state index contributed by atoms with van der Waals surface area (Å²) in [5.41, 5.74) is 0. The molecule has 0 aliphatic carbocycles. The first-order chi connectivity index (χ1) is 6.13. The molecule has 1 unspecified atom stereocenters. The molecule has 0 aromatic heterocycles. The molecular weight excluding hydrogens is 160 g/mol. The van der Waals surface area contributed by atoms with Gasteiger partial charge in [0.1, 0.15) is 0 Å². The summed E-state index contributed by atoms with van der Waals surface area (Å²) < 4.78 is 0. The van der Waals surface area contributed by atoms with E-state index in [1.807, 2.05) is 13.8 Å². The molecule has 13 heavy (non-hydrogen) atoms. The number of nitrogens with zero attached hydrogens (tertiary/aromatic N) is 1. The normalized spacial score (nSPS) is 23.5. The van der Waals surface area contributed by atoms with Gasteiger partial charge in [0.25, 0.3) is 0 Å². The lowest BCUT2D eigenvalue weighted by atomic mass is 10.0. The predicted octanol–water partition coefficient (Wildman–Crippen LogP) is 2.31. The zero-order valence-corrected chi connectivity index (χ0v) is 10.1. The van der Waals surface area contributed by atoms with Gasteiger partial charge in [0.2, 0.25) is 0 Å². The standard InChI is InChI=1S/C9H20N2.C2H6/c1-7(2)9-5-10-6-11(9)8(3)4;1-2/h7-10H,5-6H2,1-4H3;1-2H3. The predicted molar refractivity (Wildman–Crippen MR) is 59.8 cm³/mol. The second kappa shape index (κ2) is 6.39. The van der Waals surface area contributed by atoms with Gasteiger partial charge in [-0.2, -0.15) is 0 Å². The highest BCUT2D eigenvalue weighted by Gasteiger charge is 2.27. The van der Waals surface area contributed by atoms with E-state index in [0.717, 1.165) is 25.2 Å². The molecule has 0 aromatic carbocycles. The summed E-state index contributed by atoms with van der Waals surface area (Å²) in [5.74, 6) is 0.771. The molecular formula is C11H26N2. The molecule has 1 fully saturated rings. The molecule has 1 saturated heterocycles. The van der Waals surface area contributed by atoms with Crippen molar-refractivity contribution in [2.24, 2.45) is 5.92 Å². The highest BCUT2D eigenvalue weighted by Crippen LogP contribution is 2.16. The first-order valence-electron chi connectivity index (χ1n) is 5.59. The molecule has 1 atom stereocenters. The van der Waals surface area contributed by atoms with Crippen LogP contribution in [-0.4, -0.2) is 30.2 Å². The molecule has 2 heteroatoms. The van der Waals surface area contributed by atoms with Crippen molar-refractivity contribution in [3.63, 3.8) is 0 Å². The molecule has 80 valence electrons. The topological polar surface area (TPSA) is 15.3 Å². The third-order valence-electron chi connectivity index (χ3n) is 2.51. The van der Waals surface area contributed by atoms with Crippen LogP contribution in [0.5, 0.6) is 0 Å². The summed E-state index contributed by atoms with van der Waals surface area (Å²) in [6.45, 7) is 15.4. The van der Waals surface area contributed by atoms with Crippen LogP contribution in [-0.2, 0) is 0 Å². The van der Waals surface area contributed by atoms with E-state index in [2.05, 4.69) is 37.9 Å². The van der Waals surface area contributed by atoms with Crippen molar-refractivity contribution in [2.75, 3.05) is 13.2 Å². The Bertz CT molecular complexity index is 107. The molecule has 1 rings (SSSR count). The van der Waals surface area contributed by atoms with Gasteiger partial charge in [0.05, 0.1) is 0 Å². The Morgan fingerprint density at radius 3 is 2.00 bits per heavy atom. The Morgan fingerprint density at radius 1 is 1.15 bits per heavy atom. The molecule has 1 heterocycles. The third kappa shape index (κ3) is 3.65. The van der Waals surface area contributed by atoms with E-state index in [-0.39, 0.29) is 0 Å². The lowest BCUT2D eigenvalue weighted by Gasteiger charge is -2.29. The summed E-state index contributed by atoms with van der Waals surface area (Å²) in [6.07, 6.45) is 0.